The van der Waals surface area contributed by atoms with Gasteiger partial charge in [-0.25, -0.2) is 9.37 Å². The van der Waals surface area contributed by atoms with Crippen LogP contribution in [0, 0.1) is 17.1 Å². The average Bonchev–Trinajstić information content (AvgIpc) is 3.17. The number of carbonyl (C=O) groups excluding carboxylic acids is 1. The molecular formula is C19H14FN3O3S. The maximum absolute atomic E-state index is 13.9. The molecule has 1 amide bonds. The Morgan fingerprint density at radius 3 is 2.63 bits per heavy atom. The third kappa shape index (κ3) is 4.80. The van der Waals surface area contributed by atoms with Crippen LogP contribution >= 0.6 is 11.3 Å². The number of rotatable bonds is 6. The Labute approximate surface area is 158 Å². The molecule has 1 N–H and O–H groups in total. The van der Waals surface area contributed by atoms with Crippen molar-refractivity contribution in [1.82, 2.24) is 4.98 Å². The van der Waals surface area contributed by atoms with Crippen LogP contribution in [-0.2, 0) is 4.79 Å². The van der Waals surface area contributed by atoms with E-state index in [0.29, 0.717) is 16.6 Å². The van der Waals surface area contributed by atoms with Gasteiger partial charge in [-0.15, -0.1) is 11.3 Å². The average molecular weight is 383 g/mol. The van der Waals surface area contributed by atoms with Crippen molar-refractivity contribution in [3.05, 3.63) is 65.4 Å². The lowest BCUT2D eigenvalue weighted by atomic mass is 10.2. The molecule has 0 radical (unpaired) electrons. The molecule has 2 aromatic carbocycles. The van der Waals surface area contributed by atoms with Gasteiger partial charge in [-0.1, -0.05) is 0 Å². The Kier molecular flexibility index (Phi) is 5.64. The molecule has 3 rings (SSSR count). The number of aromatic nitrogens is 1. The van der Waals surface area contributed by atoms with Gasteiger partial charge >= 0.3 is 0 Å². The van der Waals surface area contributed by atoms with Crippen LogP contribution in [0.5, 0.6) is 17.2 Å². The normalized spacial score (nSPS) is 11.3. The molecule has 3 aromatic rings. The van der Waals surface area contributed by atoms with Crippen LogP contribution in [0.3, 0.4) is 0 Å². The highest BCUT2D eigenvalue weighted by Gasteiger charge is 2.16. The Morgan fingerprint density at radius 1 is 1.26 bits per heavy atom. The van der Waals surface area contributed by atoms with Crippen molar-refractivity contribution in [2.75, 3.05) is 5.32 Å². The van der Waals surface area contributed by atoms with E-state index in [0.717, 1.165) is 6.07 Å². The summed E-state index contributed by atoms with van der Waals surface area (Å²) in [5.74, 6) is -0.0686. The van der Waals surface area contributed by atoms with Gasteiger partial charge in [-0.2, -0.15) is 5.26 Å². The molecule has 0 spiro atoms. The smallest absolute Gasteiger partial charge is 0.266 e. The van der Waals surface area contributed by atoms with Gasteiger partial charge in [0, 0.05) is 11.6 Å². The first-order valence-electron chi connectivity index (χ1n) is 7.90. The molecule has 8 heteroatoms. The van der Waals surface area contributed by atoms with E-state index in [-0.39, 0.29) is 17.2 Å². The lowest BCUT2D eigenvalue weighted by Gasteiger charge is -2.14. The van der Waals surface area contributed by atoms with E-state index in [9.17, 15) is 9.18 Å². The van der Waals surface area contributed by atoms with Gasteiger partial charge in [0.15, 0.2) is 22.8 Å². The number of hydrogen-bond acceptors (Lipinski definition) is 6. The number of benzene rings is 2. The Morgan fingerprint density at radius 2 is 2.00 bits per heavy atom. The first-order chi connectivity index (χ1) is 13.0. The monoisotopic (exact) mass is 383 g/mol. The fourth-order valence-corrected chi connectivity index (χ4v) is 2.65. The maximum atomic E-state index is 13.9. The van der Waals surface area contributed by atoms with E-state index in [1.165, 1.54) is 23.5 Å². The summed E-state index contributed by atoms with van der Waals surface area (Å²) in [4.78, 5) is 16.0. The van der Waals surface area contributed by atoms with Crippen LogP contribution in [0.25, 0.3) is 0 Å². The Hall–Kier alpha value is -3.44. The number of ether oxygens (including phenoxy) is 2. The molecule has 0 aliphatic carbocycles. The van der Waals surface area contributed by atoms with Crippen molar-refractivity contribution in [2.45, 2.75) is 13.0 Å². The summed E-state index contributed by atoms with van der Waals surface area (Å²) in [5, 5.41) is 13.7. The van der Waals surface area contributed by atoms with E-state index >= 15 is 0 Å². The zero-order chi connectivity index (χ0) is 19.2. The lowest BCUT2D eigenvalue weighted by molar-refractivity contribution is -0.122. The van der Waals surface area contributed by atoms with E-state index < -0.39 is 11.9 Å². The van der Waals surface area contributed by atoms with Gasteiger partial charge in [0.25, 0.3) is 5.91 Å². The molecule has 1 heterocycles. The van der Waals surface area contributed by atoms with E-state index in [1.54, 1.807) is 42.8 Å². The quantitative estimate of drug-likeness (QED) is 0.684. The Balaban J connectivity index is 1.60. The minimum Gasteiger partial charge on any atom is -0.481 e. The van der Waals surface area contributed by atoms with Gasteiger partial charge < -0.3 is 9.47 Å². The third-order valence-corrected chi connectivity index (χ3v) is 4.15. The number of hydrogen-bond donors (Lipinski definition) is 1. The second-order valence-electron chi connectivity index (χ2n) is 5.42. The second-order valence-corrected chi connectivity index (χ2v) is 6.31. The summed E-state index contributed by atoms with van der Waals surface area (Å²) < 4.78 is 24.9. The number of halogens is 1. The summed E-state index contributed by atoms with van der Waals surface area (Å²) >= 11 is 1.32. The SMILES string of the molecule is C[C@@H](Oc1ccc(Oc2ccc(C#N)cc2F)cc1)C(=O)Nc1nccs1. The van der Waals surface area contributed by atoms with E-state index in [2.05, 4.69) is 10.3 Å². The van der Waals surface area contributed by atoms with Crippen molar-refractivity contribution in [2.24, 2.45) is 0 Å². The number of nitrogens with zero attached hydrogens (tertiary/aromatic N) is 2. The molecule has 0 aliphatic rings. The third-order valence-electron chi connectivity index (χ3n) is 3.46. The van der Waals surface area contributed by atoms with E-state index in [1.807, 2.05) is 6.07 Å². The van der Waals surface area contributed by atoms with Crippen LogP contribution in [0.1, 0.15) is 12.5 Å². The fraction of sp³-hybridized carbons (Fsp3) is 0.105. The number of nitriles is 1. The van der Waals surface area contributed by atoms with Crippen molar-refractivity contribution in [1.29, 1.82) is 5.26 Å². The summed E-state index contributed by atoms with van der Waals surface area (Å²) in [6.45, 7) is 1.62. The van der Waals surface area contributed by atoms with Crippen molar-refractivity contribution < 1.29 is 18.7 Å². The first-order valence-corrected chi connectivity index (χ1v) is 8.77. The molecule has 1 atom stereocenters. The molecule has 0 saturated heterocycles. The molecule has 0 fully saturated rings. The van der Waals surface area contributed by atoms with E-state index in [4.69, 9.17) is 14.7 Å². The highest BCUT2D eigenvalue weighted by atomic mass is 32.1. The number of nitrogens with one attached hydrogen (secondary N) is 1. The molecule has 6 nitrogen and oxygen atoms in total. The standard InChI is InChI=1S/C19H14FN3O3S/c1-12(18(24)23-19-22-8-9-27-19)25-14-3-5-15(6-4-14)26-17-7-2-13(11-21)10-16(17)20/h2-10,12H,1H3,(H,22,23,24)/t12-/m1/s1. The summed E-state index contributed by atoms with van der Waals surface area (Å²) in [6.07, 6.45) is 0.873. The largest absolute Gasteiger partial charge is 0.481 e. The molecule has 27 heavy (non-hydrogen) atoms. The second kappa shape index (κ2) is 8.29. The predicted octanol–water partition coefficient (Wildman–Crippen LogP) is 4.35. The van der Waals surface area contributed by atoms with Crippen LogP contribution in [0.4, 0.5) is 9.52 Å². The van der Waals surface area contributed by atoms with Crippen LogP contribution in [0.15, 0.2) is 54.0 Å². The topological polar surface area (TPSA) is 84.2 Å². The van der Waals surface area contributed by atoms with Gasteiger partial charge in [0.05, 0.1) is 11.6 Å². The Bertz CT molecular complexity index is 969. The van der Waals surface area contributed by atoms with Crippen molar-refractivity contribution in [3.8, 4) is 23.3 Å². The van der Waals surface area contributed by atoms with Gasteiger partial charge in [-0.05, 0) is 49.4 Å². The molecule has 0 bridgehead atoms. The number of thiazole rings is 1. The number of amides is 1. The minimum atomic E-state index is -0.725. The molecule has 0 aliphatic heterocycles. The molecule has 136 valence electrons. The van der Waals surface area contributed by atoms with Gasteiger partial charge in [0.1, 0.15) is 11.5 Å². The molecule has 0 unspecified atom stereocenters. The van der Waals surface area contributed by atoms with Crippen LogP contribution < -0.4 is 14.8 Å². The van der Waals surface area contributed by atoms with Gasteiger partial charge in [0.2, 0.25) is 0 Å². The van der Waals surface area contributed by atoms with Crippen molar-refractivity contribution in [3.63, 3.8) is 0 Å². The summed E-state index contributed by atoms with van der Waals surface area (Å²) in [5.41, 5.74) is 0.216. The number of carbonyl (C=O) groups is 1. The van der Waals surface area contributed by atoms with Crippen LogP contribution in [-0.4, -0.2) is 17.0 Å². The highest BCUT2D eigenvalue weighted by molar-refractivity contribution is 7.13. The molecule has 1 aromatic heterocycles. The van der Waals surface area contributed by atoms with Gasteiger partial charge in [-0.3, -0.25) is 10.1 Å². The maximum Gasteiger partial charge on any atom is 0.266 e. The van der Waals surface area contributed by atoms with Crippen LogP contribution in [0.2, 0.25) is 0 Å². The highest BCUT2D eigenvalue weighted by Crippen LogP contribution is 2.27. The molecular weight excluding hydrogens is 369 g/mol. The summed E-state index contributed by atoms with van der Waals surface area (Å²) in [6, 6.07) is 12.3. The zero-order valence-corrected chi connectivity index (χ0v) is 15.0. The van der Waals surface area contributed by atoms with Crippen molar-refractivity contribution >= 4 is 22.4 Å². The fourth-order valence-electron chi connectivity index (χ4n) is 2.12. The summed E-state index contributed by atoms with van der Waals surface area (Å²) in [7, 11) is 0. The first kappa shape index (κ1) is 18.4. The zero-order valence-electron chi connectivity index (χ0n) is 14.2. The molecule has 0 saturated carbocycles. The predicted molar refractivity (Wildman–Crippen MR) is 98.5 cm³/mol. The lowest BCUT2D eigenvalue weighted by Crippen LogP contribution is -2.30. The number of anilines is 1. The minimum absolute atomic E-state index is 0.0128.